The molecule has 0 radical (unpaired) electrons. The number of aromatic nitrogens is 2. The summed E-state index contributed by atoms with van der Waals surface area (Å²) in [5.74, 6) is -1.20. The number of ketones is 1. The number of nitrogens with zero attached hydrogens (tertiary/aromatic N) is 2. The molecule has 154 valence electrons. The molecule has 10 heteroatoms. The van der Waals surface area contributed by atoms with Crippen LogP contribution in [0, 0.1) is 18.8 Å². The van der Waals surface area contributed by atoms with Crippen LogP contribution in [0.1, 0.15) is 31.8 Å². The quantitative estimate of drug-likeness (QED) is 0.212. The maximum atomic E-state index is 13.4. The maximum absolute atomic E-state index is 13.4. The highest BCUT2D eigenvalue weighted by Gasteiger charge is 2.17. The number of carbonyl (C=O) groups is 1. The first-order chi connectivity index (χ1) is 14.4. The van der Waals surface area contributed by atoms with Crippen LogP contribution in [-0.2, 0) is 0 Å². The van der Waals surface area contributed by atoms with Crippen LogP contribution < -0.4 is 0 Å². The van der Waals surface area contributed by atoms with Gasteiger partial charge in [0.15, 0.2) is 0 Å². The second-order valence-corrected chi connectivity index (χ2v) is 10.0. The Labute approximate surface area is 206 Å². The molecule has 4 aromatic rings. The van der Waals surface area contributed by atoms with Gasteiger partial charge in [-0.15, -0.1) is 0 Å². The van der Waals surface area contributed by atoms with Gasteiger partial charge in [0.25, 0.3) is 0 Å². The van der Waals surface area contributed by atoms with Gasteiger partial charge < -0.3 is 5.11 Å². The normalized spacial score (nSPS) is 11.5. The highest BCUT2D eigenvalue weighted by molar-refractivity contribution is 14.1. The van der Waals surface area contributed by atoms with Crippen molar-refractivity contribution in [2.75, 3.05) is 0 Å². The third kappa shape index (κ3) is 5.87. The molecule has 0 saturated heterocycles. The van der Waals surface area contributed by atoms with Crippen LogP contribution in [0.15, 0.2) is 60.9 Å². The largest absolute Gasteiger partial charge is 0.383 e. The van der Waals surface area contributed by atoms with Crippen LogP contribution >= 0.6 is 68.2 Å². The van der Waals surface area contributed by atoms with Gasteiger partial charge in [-0.25, -0.2) is 17.5 Å². The summed E-state index contributed by atoms with van der Waals surface area (Å²) in [7, 11) is 0. The van der Waals surface area contributed by atoms with E-state index in [9.17, 15) is 18.7 Å². The van der Waals surface area contributed by atoms with Gasteiger partial charge >= 0.3 is 0 Å². The molecule has 0 bridgehead atoms. The molecule has 0 amide bonds. The van der Waals surface area contributed by atoms with Crippen molar-refractivity contribution in [3.63, 3.8) is 0 Å². The second-order valence-electron chi connectivity index (χ2n) is 5.81. The molecule has 0 spiro atoms. The zero-order chi connectivity index (χ0) is 21.7. The molecule has 0 saturated carbocycles. The van der Waals surface area contributed by atoms with Gasteiger partial charge in [-0.2, -0.15) is 0 Å². The average molecular weight is 668 g/mol. The number of benzene rings is 2. The Hall–Kier alpha value is -1.35. The van der Waals surface area contributed by atoms with Gasteiger partial charge in [0, 0.05) is 25.1 Å². The molecule has 1 atom stereocenters. The van der Waals surface area contributed by atoms with Crippen molar-refractivity contribution in [2.45, 2.75) is 6.10 Å². The van der Waals surface area contributed by atoms with E-state index in [0.717, 1.165) is 18.7 Å². The minimum absolute atomic E-state index is 0.103. The van der Waals surface area contributed by atoms with Crippen molar-refractivity contribution < 1.29 is 18.7 Å². The Morgan fingerprint density at radius 2 is 1.53 bits per heavy atom. The van der Waals surface area contributed by atoms with Crippen molar-refractivity contribution in [3.8, 4) is 0 Å². The summed E-state index contributed by atoms with van der Waals surface area (Å²) in [5.41, 5.74) is 0.400. The molecule has 2 aromatic heterocycles. The van der Waals surface area contributed by atoms with Crippen molar-refractivity contribution in [3.05, 3.63) is 101 Å². The fraction of sp³-hybridized carbons (Fsp3) is 0.0500. The Morgan fingerprint density at radius 1 is 0.900 bits per heavy atom. The van der Waals surface area contributed by atoms with Gasteiger partial charge in [-0.1, -0.05) is 0 Å². The first-order valence-corrected chi connectivity index (χ1v) is 12.0. The van der Waals surface area contributed by atoms with E-state index in [1.165, 1.54) is 35.9 Å². The number of carbonyl (C=O) groups excluding carboxylic acids is 1. The average Bonchev–Trinajstić information content (AvgIpc) is 3.45. The molecular formula is C20H12F2I2N2O2S2. The van der Waals surface area contributed by atoms with E-state index in [1.54, 1.807) is 36.5 Å². The van der Waals surface area contributed by atoms with Gasteiger partial charge in [0.05, 0.1) is 15.3 Å². The molecule has 0 aliphatic heterocycles. The van der Waals surface area contributed by atoms with E-state index in [4.69, 9.17) is 0 Å². The fourth-order valence-electron chi connectivity index (χ4n) is 2.38. The molecule has 2 aromatic carbocycles. The first kappa shape index (κ1) is 23.3. The Balaban J connectivity index is 0.000000171. The first-order valence-electron chi connectivity index (χ1n) is 8.31. The molecule has 1 N–H and O–H groups in total. The maximum Gasteiger partial charge on any atom is 0.207 e. The molecule has 0 fully saturated rings. The smallest absolute Gasteiger partial charge is 0.207 e. The lowest BCUT2D eigenvalue weighted by atomic mass is 10.1. The zero-order valence-electron chi connectivity index (χ0n) is 14.9. The summed E-state index contributed by atoms with van der Waals surface area (Å²) in [4.78, 5) is 12.9. The lowest BCUT2D eigenvalue weighted by Crippen LogP contribution is -2.02. The predicted molar refractivity (Wildman–Crippen MR) is 130 cm³/mol. The van der Waals surface area contributed by atoms with E-state index in [2.05, 4.69) is 31.3 Å². The SMILES string of the molecule is O=C(c1ccns1)c1cc(I)ccc1F.OC(c1ccns1)c1cc(I)ccc1F. The fourth-order valence-corrected chi connectivity index (χ4v) is 4.53. The molecular weight excluding hydrogens is 656 g/mol. The molecule has 0 aliphatic rings. The molecule has 0 aliphatic carbocycles. The summed E-state index contributed by atoms with van der Waals surface area (Å²) < 4.78 is 36.2. The number of rotatable bonds is 4. The number of aliphatic hydroxyl groups excluding tert-OH is 1. The molecule has 2 heterocycles. The second kappa shape index (κ2) is 10.8. The third-order valence-electron chi connectivity index (χ3n) is 3.81. The van der Waals surface area contributed by atoms with Gasteiger partial charge in [-0.05, 0) is 117 Å². The zero-order valence-corrected chi connectivity index (χ0v) is 20.9. The Kier molecular flexibility index (Phi) is 8.39. The lowest BCUT2D eigenvalue weighted by molar-refractivity contribution is 0.103. The lowest BCUT2D eigenvalue weighted by Gasteiger charge is -2.09. The molecule has 30 heavy (non-hydrogen) atoms. The predicted octanol–water partition coefficient (Wildman–Crippen LogP) is 6.09. The standard InChI is InChI=1S/C10H7FINOS.C10H5FINOS/c2*11-8-2-1-6(12)5-7(8)10(14)9-3-4-13-15-9/h1-5,10,14H;1-5H. The van der Waals surface area contributed by atoms with E-state index in [1.807, 2.05) is 22.6 Å². The topological polar surface area (TPSA) is 63.1 Å². The van der Waals surface area contributed by atoms with Crippen molar-refractivity contribution in [2.24, 2.45) is 0 Å². The van der Waals surface area contributed by atoms with Crippen molar-refractivity contribution in [1.82, 2.24) is 8.75 Å². The van der Waals surface area contributed by atoms with Crippen LogP contribution in [0.25, 0.3) is 0 Å². The number of hydrogen-bond donors (Lipinski definition) is 1. The van der Waals surface area contributed by atoms with Crippen LogP contribution in [0.3, 0.4) is 0 Å². The van der Waals surface area contributed by atoms with Crippen LogP contribution in [0.5, 0.6) is 0 Å². The monoisotopic (exact) mass is 668 g/mol. The van der Waals surface area contributed by atoms with Crippen LogP contribution in [0.2, 0.25) is 0 Å². The number of hydrogen-bond acceptors (Lipinski definition) is 6. The summed E-state index contributed by atoms with van der Waals surface area (Å²) in [6.45, 7) is 0. The summed E-state index contributed by atoms with van der Waals surface area (Å²) in [5, 5.41) is 9.91. The Morgan fingerprint density at radius 3 is 2.17 bits per heavy atom. The highest BCUT2D eigenvalue weighted by atomic mass is 127. The van der Waals surface area contributed by atoms with E-state index in [0.29, 0.717) is 15.3 Å². The molecule has 4 rings (SSSR count). The Bertz CT molecular complexity index is 1140. The van der Waals surface area contributed by atoms with Gasteiger partial charge in [0.2, 0.25) is 5.78 Å². The van der Waals surface area contributed by atoms with Gasteiger partial charge in [-0.3, -0.25) is 4.79 Å². The third-order valence-corrected chi connectivity index (χ3v) is 6.70. The number of aliphatic hydroxyl groups is 1. The number of halogens is 4. The highest BCUT2D eigenvalue weighted by Crippen LogP contribution is 2.27. The minimum Gasteiger partial charge on any atom is -0.383 e. The van der Waals surface area contributed by atoms with Crippen LogP contribution in [-0.4, -0.2) is 19.6 Å². The van der Waals surface area contributed by atoms with Crippen molar-refractivity contribution >= 4 is 74.0 Å². The summed E-state index contributed by atoms with van der Waals surface area (Å²) >= 11 is 6.37. The molecule has 4 nitrogen and oxygen atoms in total. The van der Waals surface area contributed by atoms with E-state index in [-0.39, 0.29) is 11.3 Å². The molecule has 1 unspecified atom stereocenters. The van der Waals surface area contributed by atoms with Crippen LogP contribution in [0.4, 0.5) is 8.78 Å². The summed E-state index contributed by atoms with van der Waals surface area (Å²) in [6.07, 6.45) is 2.20. The van der Waals surface area contributed by atoms with E-state index < -0.39 is 17.7 Å². The summed E-state index contributed by atoms with van der Waals surface area (Å²) in [6, 6.07) is 12.4. The van der Waals surface area contributed by atoms with E-state index >= 15 is 0 Å². The minimum atomic E-state index is -0.924. The van der Waals surface area contributed by atoms with Crippen molar-refractivity contribution in [1.29, 1.82) is 0 Å². The van der Waals surface area contributed by atoms with Gasteiger partial charge in [0.1, 0.15) is 17.7 Å².